The van der Waals surface area contributed by atoms with Crippen LogP contribution in [0.5, 0.6) is 0 Å². The van der Waals surface area contributed by atoms with Crippen LogP contribution in [0.15, 0.2) is 0 Å². The Morgan fingerprint density at radius 2 is 2.05 bits per heavy atom. The second kappa shape index (κ2) is 6.90. The molecule has 0 aromatic heterocycles. The molecule has 2 N–H and O–H groups in total. The Hall–Kier alpha value is -0.610. The van der Waals surface area contributed by atoms with E-state index in [0.29, 0.717) is 30.5 Å². The number of carbonyl (C=O) groups is 1. The number of nitrogens with two attached hydrogens (primary N) is 1. The number of piperazine rings is 1. The second-order valence-corrected chi connectivity index (χ2v) is 7.05. The lowest BCUT2D eigenvalue weighted by atomic mass is 9.92. The molecule has 2 aliphatic rings. The Bertz CT molecular complexity index is 332. The molecule has 2 aliphatic heterocycles. The Labute approximate surface area is 123 Å². The third kappa shape index (κ3) is 3.53. The van der Waals surface area contributed by atoms with Crippen LogP contribution in [0.2, 0.25) is 0 Å². The first-order valence-electron chi connectivity index (χ1n) is 8.27. The molecule has 4 heteroatoms. The molecule has 2 heterocycles. The molecule has 0 bridgehead atoms. The first kappa shape index (κ1) is 15.8. The van der Waals surface area contributed by atoms with Gasteiger partial charge in [-0.25, -0.2) is 0 Å². The highest BCUT2D eigenvalue weighted by molar-refractivity contribution is 5.79. The summed E-state index contributed by atoms with van der Waals surface area (Å²) in [6.07, 6.45) is 4.78. The van der Waals surface area contributed by atoms with Crippen molar-refractivity contribution in [1.82, 2.24) is 9.80 Å². The maximum absolute atomic E-state index is 12.8. The van der Waals surface area contributed by atoms with Crippen molar-refractivity contribution >= 4 is 5.91 Å². The number of rotatable bonds is 4. The van der Waals surface area contributed by atoms with Crippen LogP contribution in [0.4, 0.5) is 0 Å². The van der Waals surface area contributed by atoms with Crippen molar-refractivity contribution in [3.63, 3.8) is 0 Å². The summed E-state index contributed by atoms with van der Waals surface area (Å²) in [6, 6.07) is 0.916. The lowest BCUT2D eigenvalue weighted by Gasteiger charge is -2.48. The largest absolute Gasteiger partial charge is 0.337 e. The number of hydrogen-bond donors (Lipinski definition) is 1. The zero-order valence-corrected chi connectivity index (χ0v) is 13.3. The highest BCUT2D eigenvalue weighted by Gasteiger charge is 2.37. The highest BCUT2D eigenvalue weighted by atomic mass is 16.2. The summed E-state index contributed by atoms with van der Waals surface area (Å²) in [5, 5.41) is 0. The van der Waals surface area contributed by atoms with Crippen LogP contribution in [0.3, 0.4) is 0 Å². The molecule has 2 fully saturated rings. The topological polar surface area (TPSA) is 49.6 Å². The number of fused-ring (bicyclic) bond motifs is 1. The fourth-order valence-corrected chi connectivity index (χ4v) is 3.76. The van der Waals surface area contributed by atoms with Gasteiger partial charge in [0.15, 0.2) is 0 Å². The van der Waals surface area contributed by atoms with Crippen LogP contribution >= 0.6 is 0 Å². The zero-order chi connectivity index (χ0) is 14.7. The summed E-state index contributed by atoms with van der Waals surface area (Å²) in [5.41, 5.74) is 5.85. The molecule has 3 unspecified atom stereocenters. The van der Waals surface area contributed by atoms with Crippen LogP contribution in [-0.2, 0) is 4.79 Å². The summed E-state index contributed by atoms with van der Waals surface area (Å²) < 4.78 is 0. The number of piperidine rings is 1. The minimum atomic E-state index is 0.00703. The lowest BCUT2D eigenvalue weighted by molar-refractivity contribution is -0.142. The molecule has 2 rings (SSSR count). The van der Waals surface area contributed by atoms with Crippen molar-refractivity contribution in [3.05, 3.63) is 0 Å². The first-order chi connectivity index (χ1) is 9.52. The van der Waals surface area contributed by atoms with Crippen molar-refractivity contribution in [1.29, 1.82) is 0 Å². The Balaban J connectivity index is 2.01. The van der Waals surface area contributed by atoms with E-state index < -0.39 is 0 Å². The third-order valence-corrected chi connectivity index (χ3v) is 4.86. The maximum atomic E-state index is 12.8. The molecule has 3 atom stereocenters. The molecule has 0 aromatic rings. The molecule has 0 aliphatic carbocycles. The van der Waals surface area contributed by atoms with Crippen molar-refractivity contribution in [2.75, 3.05) is 26.2 Å². The van der Waals surface area contributed by atoms with Crippen LogP contribution < -0.4 is 5.73 Å². The van der Waals surface area contributed by atoms with E-state index in [1.807, 2.05) is 0 Å². The average molecular weight is 281 g/mol. The Morgan fingerprint density at radius 3 is 2.70 bits per heavy atom. The van der Waals surface area contributed by atoms with E-state index in [1.54, 1.807) is 0 Å². The Kier molecular flexibility index (Phi) is 5.44. The van der Waals surface area contributed by atoms with Gasteiger partial charge in [-0.1, -0.05) is 20.3 Å². The summed E-state index contributed by atoms with van der Waals surface area (Å²) in [6.45, 7) is 10.2. The molecule has 0 aromatic carbocycles. The van der Waals surface area contributed by atoms with Crippen LogP contribution in [0.25, 0.3) is 0 Å². The zero-order valence-electron chi connectivity index (χ0n) is 13.3. The van der Waals surface area contributed by atoms with Crippen LogP contribution in [-0.4, -0.2) is 54.0 Å². The molecule has 20 heavy (non-hydrogen) atoms. The van der Waals surface area contributed by atoms with Gasteiger partial charge in [0.25, 0.3) is 0 Å². The summed E-state index contributed by atoms with van der Waals surface area (Å²) in [5.74, 6) is 0.824. The third-order valence-electron chi connectivity index (χ3n) is 4.86. The van der Waals surface area contributed by atoms with Crippen molar-refractivity contribution in [2.45, 2.75) is 58.5 Å². The number of hydrogen-bond acceptors (Lipinski definition) is 3. The van der Waals surface area contributed by atoms with E-state index in [9.17, 15) is 4.79 Å². The van der Waals surface area contributed by atoms with Gasteiger partial charge in [-0.2, -0.15) is 0 Å². The first-order valence-corrected chi connectivity index (χ1v) is 8.27. The average Bonchev–Trinajstić information content (AvgIpc) is 2.43. The van der Waals surface area contributed by atoms with Gasteiger partial charge < -0.3 is 10.6 Å². The fourth-order valence-electron chi connectivity index (χ4n) is 3.76. The summed E-state index contributed by atoms with van der Waals surface area (Å²) >= 11 is 0. The molecule has 0 radical (unpaired) electrons. The van der Waals surface area contributed by atoms with Crippen molar-refractivity contribution in [3.8, 4) is 0 Å². The molecule has 2 saturated heterocycles. The molecular weight excluding hydrogens is 250 g/mol. The van der Waals surface area contributed by atoms with Gasteiger partial charge in [-0.05, 0) is 38.6 Å². The summed E-state index contributed by atoms with van der Waals surface area (Å²) in [4.78, 5) is 17.5. The minimum absolute atomic E-state index is 0.00703. The lowest BCUT2D eigenvalue weighted by Crippen LogP contribution is -2.61. The molecule has 0 saturated carbocycles. The van der Waals surface area contributed by atoms with E-state index in [2.05, 4.69) is 30.6 Å². The summed E-state index contributed by atoms with van der Waals surface area (Å²) in [7, 11) is 0. The quantitative estimate of drug-likeness (QED) is 0.853. The van der Waals surface area contributed by atoms with Crippen LogP contribution in [0, 0.1) is 11.8 Å². The Morgan fingerprint density at radius 1 is 1.30 bits per heavy atom. The van der Waals surface area contributed by atoms with Gasteiger partial charge in [0, 0.05) is 31.7 Å². The van der Waals surface area contributed by atoms with Gasteiger partial charge in [0.2, 0.25) is 5.91 Å². The minimum Gasteiger partial charge on any atom is -0.337 e. The monoisotopic (exact) mass is 281 g/mol. The maximum Gasteiger partial charge on any atom is 0.227 e. The van der Waals surface area contributed by atoms with Gasteiger partial charge >= 0.3 is 0 Å². The second-order valence-electron chi connectivity index (χ2n) is 7.05. The van der Waals surface area contributed by atoms with Gasteiger partial charge in [0.1, 0.15) is 0 Å². The van der Waals surface area contributed by atoms with Crippen molar-refractivity contribution in [2.24, 2.45) is 17.6 Å². The molecule has 0 spiro atoms. The smallest absolute Gasteiger partial charge is 0.227 e. The van der Waals surface area contributed by atoms with E-state index >= 15 is 0 Å². The fraction of sp³-hybridized carbons (Fsp3) is 0.938. The normalized spacial score (nSPS) is 29.4. The molecular formula is C16H31N3O. The highest BCUT2D eigenvalue weighted by Crippen LogP contribution is 2.26. The number of nitrogens with zero attached hydrogens (tertiary/aromatic N) is 2. The van der Waals surface area contributed by atoms with E-state index in [0.717, 1.165) is 19.5 Å². The predicted molar refractivity (Wildman–Crippen MR) is 82.4 cm³/mol. The number of carbonyl (C=O) groups excluding carboxylic acids is 1. The molecule has 1 amide bonds. The van der Waals surface area contributed by atoms with E-state index in [1.165, 1.54) is 25.8 Å². The van der Waals surface area contributed by atoms with E-state index in [-0.39, 0.29) is 5.92 Å². The van der Waals surface area contributed by atoms with E-state index in [4.69, 9.17) is 5.73 Å². The van der Waals surface area contributed by atoms with Gasteiger partial charge in [-0.15, -0.1) is 0 Å². The molecule has 116 valence electrons. The number of amides is 1. The SMILES string of the molecule is CC(C)CC(CN)C(=O)N1CC2CCCCN2CC1C. The molecule has 4 nitrogen and oxygen atoms in total. The van der Waals surface area contributed by atoms with Crippen LogP contribution in [0.1, 0.15) is 46.5 Å². The standard InChI is InChI=1S/C16H31N3O/c1-12(2)8-14(9-17)16(20)19-11-15-6-4-5-7-18(15)10-13(19)3/h12-15H,4-11,17H2,1-3H3. The van der Waals surface area contributed by atoms with Gasteiger partial charge in [0.05, 0.1) is 5.92 Å². The van der Waals surface area contributed by atoms with Gasteiger partial charge in [-0.3, -0.25) is 9.69 Å². The predicted octanol–water partition coefficient (Wildman–Crippen LogP) is 1.69. The van der Waals surface area contributed by atoms with Crippen molar-refractivity contribution < 1.29 is 4.79 Å².